The van der Waals surface area contributed by atoms with Crippen molar-refractivity contribution in [3.05, 3.63) is 40.8 Å². The second kappa shape index (κ2) is 8.86. The van der Waals surface area contributed by atoms with Crippen molar-refractivity contribution in [2.45, 2.75) is 43.6 Å². The highest BCUT2D eigenvalue weighted by Gasteiger charge is 2.42. The van der Waals surface area contributed by atoms with Crippen LogP contribution in [0.5, 0.6) is 0 Å². The number of fused-ring (bicyclic) bond motifs is 1. The van der Waals surface area contributed by atoms with Crippen LogP contribution in [0.3, 0.4) is 0 Å². The fourth-order valence-corrected chi connectivity index (χ4v) is 5.36. The lowest BCUT2D eigenvalue weighted by Crippen LogP contribution is -2.53. The van der Waals surface area contributed by atoms with Crippen molar-refractivity contribution in [1.82, 2.24) is 24.6 Å². The molecule has 0 aliphatic carbocycles. The molecule has 5 rings (SSSR count). The zero-order valence-electron chi connectivity index (χ0n) is 19.2. The van der Waals surface area contributed by atoms with Crippen LogP contribution >= 0.6 is 11.6 Å². The lowest BCUT2D eigenvalue weighted by molar-refractivity contribution is -0.143. The van der Waals surface area contributed by atoms with E-state index >= 15 is 4.39 Å². The summed E-state index contributed by atoms with van der Waals surface area (Å²) in [5.74, 6) is -0.430. The molecule has 2 aliphatic heterocycles. The second-order valence-electron chi connectivity index (χ2n) is 9.44. The molecule has 3 aromatic rings. The molecule has 2 saturated heterocycles. The molecule has 0 radical (unpaired) electrons. The highest BCUT2D eigenvalue weighted by Crippen LogP contribution is 2.40. The van der Waals surface area contributed by atoms with E-state index in [4.69, 9.17) is 16.3 Å². The first kappa shape index (κ1) is 24.2. The number of ether oxygens (including phenoxy) is 1. The first-order valence-electron chi connectivity index (χ1n) is 11.3. The maximum atomic E-state index is 15.4. The van der Waals surface area contributed by atoms with Gasteiger partial charge in [-0.1, -0.05) is 11.6 Å². The van der Waals surface area contributed by atoms with E-state index in [0.29, 0.717) is 41.1 Å². The topological polar surface area (TPSA) is 68.1 Å². The summed E-state index contributed by atoms with van der Waals surface area (Å²) in [5.41, 5.74) is -0.246. The molecule has 7 nitrogen and oxygen atoms in total. The van der Waals surface area contributed by atoms with Gasteiger partial charge in [0.2, 0.25) is 5.95 Å². The van der Waals surface area contributed by atoms with Crippen molar-refractivity contribution in [1.29, 1.82) is 0 Å². The quantitative estimate of drug-likeness (QED) is 0.491. The van der Waals surface area contributed by atoms with Crippen LogP contribution in [0, 0.1) is 0 Å². The number of hydrogen-bond acceptors (Lipinski definition) is 6. The molecule has 35 heavy (non-hydrogen) atoms. The Hall–Kier alpha value is -2.50. The van der Waals surface area contributed by atoms with E-state index in [1.165, 1.54) is 13.2 Å². The summed E-state index contributed by atoms with van der Waals surface area (Å²) in [6.07, 6.45) is -1.72. The van der Waals surface area contributed by atoms with Gasteiger partial charge in [0, 0.05) is 48.3 Å². The Kier molecular flexibility index (Phi) is 6.13. The highest BCUT2D eigenvalue weighted by molar-refractivity contribution is 6.32. The molecule has 12 heteroatoms. The summed E-state index contributed by atoms with van der Waals surface area (Å²) in [6.45, 7) is 4.39. The molecule has 2 fully saturated rings. The van der Waals surface area contributed by atoms with E-state index in [9.17, 15) is 13.2 Å². The van der Waals surface area contributed by atoms with Gasteiger partial charge in [0.15, 0.2) is 5.69 Å². The Labute approximate surface area is 204 Å². The van der Waals surface area contributed by atoms with Gasteiger partial charge in [-0.05, 0) is 44.0 Å². The van der Waals surface area contributed by atoms with Crippen LogP contribution in [0.15, 0.2) is 24.5 Å². The average Bonchev–Trinajstić information content (AvgIpc) is 3.40. The summed E-state index contributed by atoms with van der Waals surface area (Å²) in [5, 5.41) is 7.32. The van der Waals surface area contributed by atoms with E-state index in [-0.39, 0.29) is 23.7 Å². The van der Waals surface area contributed by atoms with Gasteiger partial charge in [-0.15, -0.1) is 0 Å². The van der Waals surface area contributed by atoms with Crippen molar-refractivity contribution in [2.75, 3.05) is 31.6 Å². The normalized spacial score (nSPS) is 25.9. The highest BCUT2D eigenvalue weighted by atomic mass is 35.5. The predicted molar refractivity (Wildman–Crippen MR) is 124 cm³/mol. The number of alkyl halides is 4. The summed E-state index contributed by atoms with van der Waals surface area (Å²) in [6, 6.07) is 3.39. The number of anilines is 2. The van der Waals surface area contributed by atoms with E-state index in [1.807, 2.05) is 0 Å². The Morgan fingerprint density at radius 1 is 1.26 bits per heavy atom. The number of nitrogens with one attached hydrogen (secondary N) is 1. The van der Waals surface area contributed by atoms with Gasteiger partial charge in [0.05, 0.1) is 24.0 Å². The lowest BCUT2D eigenvalue weighted by atomic mass is 9.85. The lowest BCUT2D eigenvalue weighted by Gasteiger charge is -2.43. The minimum Gasteiger partial charge on any atom is -0.379 e. The molecular weight excluding hydrogens is 488 g/mol. The fourth-order valence-electron chi connectivity index (χ4n) is 5.05. The predicted octanol–water partition coefficient (Wildman–Crippen LogP) is 5.09. The smallest absolute Gasteiger partial charge is 0.379 e. The third kappa shape index (κ3) is 4.56. The van der Waals surface area contributed by atoms with Crippen LogP contribution in [0.4, 0.5) is 29.2 Å². The molecule has 2 aliphatic rings. The minimum absolute atomic E-state index is 0.0231. The van der Waals surface area contributed by atoms with Gasteiger partial charge >= 0.3 is 6.18 Å². The van der Waals surface area contributed by atoms with Gasteiger partial charge in [-0.2, -0.15) is 18.3 Å². The summed E-state index contributed by atoms with van der Waals surface area (Å²) in [4.78, 5) is 10.7. The Bertz CT molecular complexity index is 1240. The fraction of sp³-hybridized carbons (Fsp3) is 0.522. The molecule has 3 unspecified atom stereocenters. The van der Waals surface area contributed by atoms with Gasteiger partial charge in [-0.25, -0.2) is 14.4 Å². The molecule has 3 atom stereocenters. The number of aromatic nitrogens is 4. The molecule has 0 spiro atoms. The zero-order valence-corrected chi connectivity index (χ0v) is 20.0. The van der Waals surface area contributed by atoms with E-state index in [2.05, 4.69) is 32.2 Å². The first-order valence-corrected chi connectivity index (χ1v) is 11.7. The van der Waals surface area contributed by atoms with Gasteiger partial charge < -0.3 is 10.1 Å². The molecule has 1 aromatic carbocycles. The number of aryl methyl sites for hydroxylation is 1. The SMILES string of the molecule is Cn1ncc(Nc2ncc3cc(Cl)c(C4CCN(C5(C)CCOC5)CC4F)cc3n2)c1C(F)(F)F. The summed E-state index contributed by atoms with van der Waals surface area (Å²) < 4.78 is 61.8. The molecule has 1 N–H and O–H groups in total. The van der Waals surface area contributed by atoms with Crippen molar-refractivity contribution in [2.24, 2.45) is 7.05 Å². The Balaban J connectivity index is 1.41. The average molecular weight is 513 g/mol. The number of rotatable bonds is 4. The first-order chi connectivity index (χ1) is 16.5. The Morgan fingerprint density at radius 2 is 2.06 bits per heavy atom. The van der Waals surface area contributed by atoms with Crippen LogP contribution in [0.25, 0.3) is 10.9 Å². The summed E-state index contributed by atoms with van der Waals surface area (Å²) in [7, 11) is 1.21. The monoisotopic (exact) mass is 512 g/mol. The Morgan fingerprint density at radius 3 is 2.74 bits per heavy atom. The number of likely N-dealkylation sites (tertiary alicyclic amines) is 1. The largest absolute Gasteiger partial charge is 0.435 e. The number of hydrogen-bond donors (Lipinski definition) is 1. The van der Waals surface area contributed by atoms with E-state index in [0.717, 1.165) is 23.8 Å². The molecule has 0 amide bonds. The van der Waals surface area contributed by atoms with Crippen molar-refractivity contribution >= 4 is 34.1 Å². The zero-order chi connectivity index (χ0) is 25.0. The van der Waals surface area contributed by atoms with Crippen LogP contribution in [0.2, 0.25) is 5.02 Å². The molecule has 188 valence electrons. The van der Waals surface area contributed by atoms with Crippen molar-refractivity contribution in [3.63, 3.8) is 0 Å². The number of piperidine rings is 1. The number of halogens is 5. The summed E-state index contributed by atoms with van der Waals surface area (Å²) >= 11 is 6.53. The molecular formula is C23H25ClF4N6O. The maximum Gasteiger partial charge on any atom is 0.435 e. The number of benzene rings is 1. The second-order valence-corrected chi connectivity index (χ2v) is 9.84. The van der Waals surface area contributed by atoms with E-state index < -0.39 is 24.0 Å². The van der Waals surface area contributed by atoms with Crippen LogP contribution in [-0.4, -0.2) is 62.7 Å². The molecule has 2 aromatic heterocycles. The van der Waals surface area contributed by atoms with E-state index in [1.54, 1.807) is 12.1 Å². The third-order valence-electron chi connectivity index (χ3n) is 7.05. The van der Waals surface area contributed by atoms with Crippen LogP contribution < -0.4 is 5.32 Å². The van der Waals surface area contributed by atoms with Crippen molar-refractivity contribution in [3.8, 4) is 0 Å². The minimum atomic E-state index is -4.60. The van der Waals surface area contributed by atoms with Crippen LogP contribution in [0.1, 0.15) is 36.9 Å². The molecule has 0 bridgehead atoms. The third-order valence-corrected chi connectivity index (χ3v) is 7.38. The van der Waals surface area contributed by atoms with Gasteiger partial charge in [-0.3, -0.25) is 9.58 Å². The van der Waals surface area contributed by atoms with Gasteiger partial charge in [0.25, 0.3) is 0 Å². The molecule has 0 saturated carbocycles. The number of nitrogens with zero attached hydrogens (tertiary/aromatic N) is 5. The maximum absolute atomic E-state index is 15.4. The molecule has 4 heterocycles. The van der Waals surface area contributed by atoms with Crippen LogP contribution in [-0.2, 0) is 18.0 Å². The standard InChI is InChI=1S/C23H25ClF4N6O/c1-22(4-6-35-12-22)34-5-3-14(17(25)11-34)15-8-18-13(7-16(15)24)9-29-21(31-18)32-19-10-30-33(2)20(19)23(26,27)28/h7-10,14,17H,3-6,11-12H2,1-2H3,(H,29,31,32). The van der Waals surface area contributed by atoms with Gasteiger partial charge in [0.1, 0.15) is 6.17 Å². The van der Waals surface area contributed by atoms with Crippen molar-refractivity contribution < 1.29 is 22.3 Å².